The van der Waals surface area contributed by atoms with Gasteiger partial charge in [0.05, 0.1) is 10.6 Å². The summed E-state index contributed by atoms with van der Waals surface area (Å²) in [6.45, 7) is 2.19. The Kier molecular flexibility index (Phi) is 5.57. The van der Waals surface area contributed by atoms with E-state index in [9.17, 15) is 9.59 Å². The molecule has 1 aromatic heterocycles. The molecule has 4 nitrogen and oxygen atoms in total. The van der Waals surface area contributed by atoms with Gasteiger partial charge >= 0.3 is 0 Å². The number of likely N-dealkylation sites (N-methyl/N-ethyl adjacent to an activating group) is 1. The van der Waals surface area contributed by atoms with Crippen molar-refractivity contribution in [3.8, 4) is 0 Å². The molecule has 2 amide bonds. The summed E-state index contributed by atoms with van der Waals surface area (Å²) in [6, 6.07) is 8.11. The second-order valence-corrected chi connectivity index (χ2v) is 6.19. The molecule has 0 radical (unpaired) electrons. The molecule has 1 N–H and O–H groups in total. The van der Waals surface area contributed by atoms with Crippen molar-refractivity contribution in [3.63, 3.8) is 0 Å². The van der Waals surface area contributed by atoms with Crippen molar-refractivity contribution in [1.82, 2.24) is 10.2 Å². The zero-order valence-electron chi connectivity index (χ0n) is 12.4. The highest BCUT2D eigenvalue weighted by Crippen LogP contribution is 2.15. The Morgan fingerprint density at radius 1 is 1.32 bits per heavy atom. The van der Waals surface area contributed by atoms with Crippen molar-refractivity contribution < 1.29 is 9.59 Å². The van der Waals surface area contributed by atoms with Crippen LogP contribution in [0.1, 0.15) is 22.8 Å². The largest absolute Gasteiger partial charge is 0.340 e. The average Bonchev–Trinajstić information content (AvgIpc) is 2.99. The molecule has 1 heterocycles. The van der Waals surface area contributed by atoms with Crippen molar-refractivity contribution in [3.05, 3.63) is 57.2 Å². The van der Waals surface area contributed by atoms with Crippen LogP contribution in [0.5, 0.6) is 0 Å². The molecule has 22 heavy (non-hydrogen) atoms. The molecule has 1 aromatic carbocycles. The maximum Gasteiger partial charge on any atom is 0.253 e. The van der Waals surface area contributed by atoms with Crippen LogP contribution in [0, 0.1) is 0 Å². The minimum atomic E-state index is -0.618. The first-order valence-corrected chi connectivity index (χ1v) is 8.12. The fourth-order valence-electron chi connectivity index (χ4n) is 2.05. The van der Waals surface area contributed by atoms with Crippen LogP contribution in [0.15, 0.2) is 41.1 Å². The molecule has 0 aliphatic carbocycles. The number of nitrogens with one attached hydrogen (secondary N) is 1. The van der Waals surface area contributed by atoms with E-state index in [-0.39, 0.29) is 11.8 Å². The molecule has 0 unspecified atom stereocenters. The van der Waals surface area contributed by atoms with Crippen molar-refractivity contribution in [2.75, 3.05) is 7.05 Å². The zero-order chi connectivity index (χ0) is 16.1. The molecule has 0 bridgehead atoms. The van der Waals surface area contributed by atoms with E-state index in [2.05, 4.69) is 5.32 Å². The van der Waals surface area contributed by atoms with E-state index in [1.807, 2.05) is 16.8 Å². The fourth-order valence-corrected chi connectivity index (χ4v) is 2.93. The van der Waals surface area contributed by atoms with Gasteiger partial charge in [0, 0.05) is 13.6 Å². The van der Waals surface area contributed by atoms with Gasteiger partial charge in [0.1, 0.15) is 6.04 Å². The predicted octanol–water partition coefficient (Wildman–Crippen LogP) is 3.18. The normalized spacial score (nSPS) is 11.8. The van der Waals surface area contributed by atoms with Crippen LogP contribution >= 0.6 is 22.9 Å². The fraction of sp³-hybridized carbons (Fsp3) is 0.250. The van der Waals surface area contributed by atoms with E-state index in [4.69, 9.17) is 11.6 Å². The molecular formula is C16H17ClN2O2S. The second-order valence-electron chi connectivity index (χ2n) is 5.00. The van der Waals surface area contributed by atoms with Crippen LogP contribution < -0.4 is 5.32 Å². The molecular weight excluding hydrogens is 320 g/mol. The Morgan fingerprint density at radius 2 is 2.05 bits per heavy atom. The van der Waals surface area contributed by atoms with Gasteiger partial charge in [-0.3, -0.25) is 9.59 Å². The topological polar surface area (TPSA) is 49.4 Å². The molecule has 116 valence electrons. The van der Waals surface area contributed by atoms with E-state index in [1.54, 1.807) is 54.5 Å². The number of carbonyl (C=O) groups is 2. The van der Waals surface area contributed by atoms with Gasteiger partial charge in [-0.05, 0) is 41.4 Å². The Hall–Kier alpha value is -1.85. The number of thiophene rings is 1. The quantitative estimate of drug-likeness (QED) is 0.911. The number of hydrogen-bond acceptors (Lipinski definition) is 3. The first-order chi connectivity index (χ1) is 10.5. The molecule has 1 atom stereocenters. The number of rotatable bonds is 5. The van der Waals surface area contributed by atoms with Crippen LogP contribution in [0.3, 0.4) is 0 Å². The van der Waals surface area contributed by atoms with Crippen molar-refractivity contribution >= 4 is 34.8 Å². The summed E-state index contributed by atoms with van der Waals surface area (Å²) in [5.74, 6) is -0.498. The Morgan fingerprint density at radius 3 is 2.68 bits per heavy atom. The minimum absolute atomic E-state index is 0.147. The first-order valence-electron chi connectivity index (χ1n) is 6.80. The summed E-state index contributed by atoms with van der Waals surface area (Å²) in [7, 11) is 1.72. The lowest BCUT2D eigenvalue weighted by Gasteiger charge is -2.22. The standard InChI is InChI=1S/C16H17ClN2O2S/c1-11(16(21)19(2)9-12-7-8-22-10-12)18-15(20)13-5-3-4-6-14(13)17/h3-8,10-11H,9H2,1-2H3,(H,18,20)/t11-/m0/s1. The molecule has 0 fully saturated rings. The number of carbonyl (C=O) groups excluding carboxylic acids is 2. The maximum absolute atomic E-state index is 12.3. The molecule has 6 heteroatoms. The third-order valence-corrected chi connectivity index (χ3v) is 4.27. The van der Waals surface area contributed by atoms with E-state index in [0.717, 1.165) is 5.56 Å². The van der Waals surface area contributed by atoms with Crippen LogP contribution in [0.25, 0.3) is 0 Å². The van der Waals surface area contributed by atoms with Crippen LogP contribution in [-0.4, -0.2) is 29.8 Å². The molecule has 0 saturated heterocycles. The van der Waals surface area contributed by atoms with Gasteiger partial charge < -0.3 is 10.2 Å². The van der Waals surface area contributed by atoms with E-state index >= 15 is 0 Å². The van der Waals surface area contributed by atoms with Gasteiger partial charge in [0.25, 0.3) is 5.91 Å². The summed E-state index contributed by atoms with van der Waals surface area (Å²) in [5.41, 5.74) is 1.44. The number of hydrogen-bond donors (Lipinski definition) is 1. The van der Waals surface area contributed by atoms with E-state index in [0.29, 0.717) is 17.1 Å². The Labute approximate surface area is 138 Å². The highest BCUT2D eigenvalue weighted by atomic mass is 35.5. The van der Waals surface area contributed by atoms with Crippen LogP contribution in [0.2, 0.25) is 5.02 Å². The van der Waals surface area contributed by atoms with Gasteiger partial charge in [0.2, 0.25) is 5.91 Å². The summed E-state index contributed by atoms with van der Waals surface area (Å²) in [4.78, 5) is 26.1. The molecule has 0 spiro atoms. The van der Waals surface area contributed by atoms with Gasteiger partial charge in [0.15, 0.2) is 0 Å². The number of halogens is 1. The Balaban J connectivity index is 1.96. The van der Waals surface area contributed by atoms with Gasteiger partial charge in [-0.1, -0.05) is 23.7 Å². The van der Waals surface area contributed by atoms with Crippen molar-refractivity contribution in [2.45, 2.75) is 19.5 Å². The third-order valence-electron chi connectivity index (χ3n) is 3.21. The predicted molar refractivity (Wildman–Crippen MR) is 89.2 cm³/mol. The lowest BCUT2D eigenvalue weighted by molar-refractivity contribution is -0.132. The van der Waals surface area contributed by atoms with Gasteiger partial charge in [-0.25, -0.2) is 0 Å². The molecule has 2 rings (SSSR count). The minimum Gasteiger partial charge on any atom is -0.340 e. The molecule has 0 aliphatic rings. The van der Waals surface area contributed by atoms with Crippen LogP contribution in [0.4, 0.5) is 0 Å². The average molecular weight is 337 g/mol. The van der Waals surface area contributed by atoms with Gasteiger partial charge in [-0.15, -0.1) is 0 Å². The lowest BCUT2D eigenvalue weighted by atomic mass is 10.2. The SMILES string of the molecule is C[C@H](NC(=O)c1ccccc1Cl)C(=O)N(C)Cc1ccsc1. The summed E-state index contributed by atoms with van der Waals surface area (Å²) in [5, 5.41) is 7.02. The molecule has 0 aliphatic heterocycles. The lowest BCUT2D eigenvalue weighted by Crippen LogP contribution is -2.45. The van der Waals surface area contributed by atoms with E-state index < -0.39 is 6.04 Å². The van der Waals surface area contributed by atoms with E-state index in [1.165, 1.54) is 0 Å². The van der Waals surface area contributed by atoms with Crippen molar-refractivity contribution in [1.29, 1.82) is 0 Å². The van der Waals surface area contributed by atoms with Crippen LogP contribution in [-0.2, 0) is 11.3 Å². The highest BCUT2D eigenvalue weighted by molar-refractivity contribution is 7.07. The number of benzene rings is 1. The number of amides is 2. The highest BCUT2D eigenvalue weighted by Gasteiger charge is 2.21. The van der Waals surface area contributed by atoms with Crippen molar-refractivity contribution in [2.24, 2.45) is 0 Å². The summed E-state index contributed by atoms with van der Waals surface area (Å²) < 4.78 is 0. The monoisotopic (exact) mass is 336 g/mol. The molecule has 0 saturated carbocycles. The summed E-state index contributed by atoms with van der Waals surface area (Å²) >= 11 is 7.57. The smallest absolute Gasteiger partial charge is 0.253 e. The first kappa shape index (κ1) is 16.5. The zero-order valence-corrected chi connectivity index (χ0v) is 13.9. The second kappa shape index (κ2) is 7.42. The summed E-state index contributed by atoms with van der Waals surface area (Å²) in [6.07, 6.45) is 0. The number of nitrogens with zero attached hydrogens (tertiary/aromatic N) is 1. The van der Waals surface area contributed by atoms with Gasteiger partial charge in [-0.2, -0.15) is 11.3 Å². The third kappa shape index (κ3) is 4.08. The molecule has 2 aromatic rings. The Bertz CT molecular complexity index is 658. The maximum atomic E-state index is 12.3.